The number of ether oxygens (including phenoxy) is 1. The van der Waals surface area contributed by atoms with Crippen LogP contribution < -0.4 is 4.74 Å². The topological polar surface area (TPSA) is 49.9 Å². The fourth-order valence-corrected chi connectivity index (χ4v) is 5.45. The zero-order valence-corrected chi connectivity index (χ0v) is 17.6. The van der Waals surface area contributed by atoms with Crippen molar-refractivity contribution in [2.45, 2.75) is 18.7 Å². The summed E-state index contributed by atoms with van der Waals surface area (Å²) in [4.78, 5) is 2.69. The summed E-state index contributed by atoms with van der Waals surface area (Å²) < 4.78 is 33.2. The number of hydrogen-bond donors (Lipinski definition) is 0. The number of hydrogen-bond acceptors (Lipinski definition) is 4. The van der Waals surface area contributed by atoms with Gasteiger partial charge in [0.1, 0.15) is 5.75 Å². The predicted molar refractivity (Wildman–Crippen MR) is 113 cm³/mol. The van der Waals surface area contributed by atoms with E-state index in [9.17, 15) is 8.42 Å². The van der Waals surface area contributed by atoms with Gasteiger partial charge in [-0.25, -0.2) is 8.42 Å². The minimum Gasteiger partial charge on any atom is -0.497 e. The lowest BCUT2D eigenvalue weighted by atomic mass is 10.1. The Balaban J connectivity index is 1.63. The van der Waals surface area contributed by atoms with Crippen LogP contribution in [0.2, 0.25) is 0 Å². The SMILES string of the molecule is COc1cc(C)c(S(=O)(=O)N2CCN(C/C=C/c3ccccc3)CC2)c(C)c1. The highest BCUT2D eigenvalue weighted by Crippen LogP contribution is 2.28. The molecule has 0 N–H and O–H groups in total. The second-order valence-corrected chi connectivity index (χ2v) is 8.98. The molecule has 5 nitrogen and oxygen atoms in total. The number of benzene rings is 2. The molecule has 2 aromatic carbocycles. The minimum atomic E-state index is -3.50. The molecular formula is C22H28N2O3S. The molecular weight excluding hydrogens is 372 g/mol. The van der Waals surface area contributed by atoms with Crippen molar-refractivity contribution >= 4 is 16.1 Å². The van der Waals surface area contributed by atoms with E-state index in [-0.39, 0.29) is 0 Å². The summed E-state index contributed by atoms with van der Waals surface area (Å²) in [5.74, 6) is 0.684. The van der Waals surface area contributed by atoms with Crippen molar-refractivity contribution in [1.82, 2.24) is 9.21 Å². The summed E-state index contributed by atoms with van der Waals surface area (Å²) in [5, 5.41) is 0. The molecule has 0 spiro atoms. The van der Waals surface area contributed by atoms with Gasteiger partial charge < -0.3 is 4.74 Å². The van der Waals surface area contributed by atoms with Crippen molar-refractivity contribution in [3.05, 3.63) is 65.2 Å². The normalized spacial score (nSPS) is 16.5. The van der Waals surface area contributed by atoms with Crippen molar-refractivity contribution in [2.24, 2.45) is 0 Å². The molecule has 6 heteroatoms. The Hall–Kier alpha value is -2.15. The van der Waals surface area contributed by atoms with Crippen molar-refractivity contribution in [1.29, 1.82) is 0 Å². The molecule has 1 aliphatic rings. The number of piperazine rings is 1. The second kappa shape index (κ2) is 8.90. The van der Waals surface area contributed by atoms with Crippen LogP contribution in [0.5, 0.6) is 5.75 Å². The van der Waals surface area contributed by atoms with Gasteiger partial charge in [-0.2, -0.15) is 4.31 Å². The van der Waals surface area contributed by atoms with Crippen LogP contribution in [0, 0.1) is 13.8 Å². The van der Waals surface area contributed by atoms with E-state index < -0.39 is 10.0 Å². The van der Waals surface area contributed by atoms with Crippen LogP contribution >= 0.6 is 0 Å². The second-order valence-electron chi connectivity index (χ2n) is 7.11. The maximum Gasteiger partial charge on any atom is 0.243 e. The third-order valence-corrected chi connectivity index (χ3v) is 7.28. The Labute approximate surface area is 168 Å². The zero-order valence-electron chi connectivity index (χ0n) is 16.8. The Morgan fingerprint density at radius 1 is 1.00 bits per heavy atom. The van der Waals surface area contributed by atoms with E-state index in [1.165, 1.54) is 5.56 Å². The maximum atomic E-state index is 13.2. The lowest BCUT2D eigenvalue weighted by Gasteiger charge is -2.34. The molecule has 0 unspecified atom stereocenters. The van der Waals surface area contributed by atoms with Gasteiger partial charge in [-0.3, -0.25) is 4.90 Å². The number of rotatable bonds is 6. The lowest BCUT2D eigenvalue weighted by Crippen LogP contribution is -2.48. The molecule has 0 aliphatic carbocycles. The average molecular weight is 401 g/mol. The number of nitrogens with zero attached hydrogens (tertiary/aromatic N) is 2. The van der Waals surface area contributed by atoms with Crippen molar-refractivity contribution in [3.63, 3.8) is 0 Å². The van der Waals surface area contributed by atoms with Gasteiger partial charge in [0.15, 0.2) is 0 Å². The molecule has 2 aromatic rings. The molecule has 3 rings (SSSR count). The summed E-state index contributed by atoms with van der Waals surface area (Å²) in [5.41, 5.74) is 2.63. The Bertz CT molecular complexity index is 909. The quantitative estimate of drug-likeness (QED) is 0.746. The maximum absolute atomic E-state index is 13.2. The zero-order chi connectivity index (χ0) is 20.1. The van der Waals surface area contributed by atoms with Crippen LogP contribution in [0.3, 0.4) is 0 Å². The highest BCUT2D eigenvalue weighted by atomic mass is 32.2. The van der Waals surface area contributed by atoms with Crippen LogP contribution in [0.25, 0.3) is 6.08 Å². The number of methoxy groups -OCH3 is 1. The van der Waals surface area contributed by atoms with Crippen molar-refractivity contribution < 1.29 is 13.2 Å². The Morgan fingerprint density at radius 2 is 1.61 bits per heavy atom. The molecule has 0 amide bonds. The summed E-state index contributed by atoms with van der Waals surface area (Å²) >= 11 is 0. The molecule has 1 heterocycles. The smallest absolute Gasteiger partial charge is 0.243 e. The van der Waals surface area contributed by atoms with E-state index >= 15 is 0 Å². The minimum absolute atomic E-state index is 0.408. The first-order chi connectivity index (χ1) is 13.4. The van der Waals surface area contributed by atoms with Crippen molar-refractivity contribution in [2.75, 3.05) is 39.8 Å². The highest BCUT2D eigenvalue weighted by Gasteiger charge is 2.30. The Kier molecular flexibility index (Phi) is 6.54. The molecule has 0 aromatic heterocycles. The van der Waals surface area contributed by atoms with Gasteiger partial charge in [-0.15, -0.1) is 0 Å². The fourth-order valence-electron chi connectivity index (χ4n) is 3.62. The van der Waals surface area contributed by atoms with Gasteiger partial charge in [0.2, 0.25) is 10.0 Å². The van der Waals surface area contributed by atoms with Gasteiger partial charge in [0.05, 0.1) is 12.0 Å². The third-order valence-electron chi connectivity index (χ3n) is 5.07. The van der Waals surface area contributed by atoms with E-state index in [2.05, 4.69) is 29.2 Å². The van der Waals surface area contributed by atoms with Crippen LogP contribution in [0.1, 0.15) is 16.7 Å². The highest BCUT2D eigenvalue weighted by molar-refractivity contribution is 7.89. The summed E-state index contributed by atoms with van der Waals surface area (Å²) in [6.45, 7) is 6.95. The van der Waals surface area contributed by atoms with Gasteiger partial charge in [-0.05, 0) is 42.7 Å². The van der Waals surface area contributed by atoms with E-state index in [4.69, 9.17) is 4.74 Å². The standard InChI is InChI=1S/C22H28N2O3S/c1-18-16-21(27-3)17-19(2)22(18)28(25,26)24-14-12-23(13-15-24)11-7-10-20-8-5-4-6-9-20/h4-10,16-17H,11-15H2,1-3H3/b10-7+. The van der Waals surface area contributed by atoms with Gasteiger partial charge in [-0.1, -0.05) is 42.5 Å². The van der Waals surface area contributed by atoms with Crippen LogP contribution in [0.4, 0.5) is 0 Å². The first kappa shape index (κ1) is 20.6. The van der Waals surface area contributed by atoms with E-state index in [0.717, 1.165) is 30.8 Å². The van der Waals surface area contributed by atoms with Crippen LogP contribution in [-0.4, -0.2) is 57.5 Å². The number of sulfonamides is 1. The van der Waals surface area contributed by atoms with Crippen molar-refractivity contribution in [3.8, 4) is 5.75 Å². The fraction of sp³-hybridized carbons (Fsp3) is 0.364. The molecule has 0 bridgehead atoms. The largest absolute Gasteiger partial charge is 0.497 e. The monoisotopic (exact) mass is 400 g/mol. The molecule has 0 saturated carbocycles. The molecule has 1 saturated heterocycles. The van der Waals surface area contributed by atoms with Gasteiger partial charge in [0.25, 0.3) is 0 Å². The summed E-state index contributed by atoms with van der Waals surface area (Å²) in [7, 11) is -1.91. The molecule has 0 radical (unpaired) electrons. The van der Waals surface area contributed by atoms with E-state index in [1.54, 1.807) is 23.5 Å². The first-order valence-electron chi connectivity index (χ1n) is 9.51. The predicted octanol–water partition coefficient (Wildman–Crippen LogP) is 3.33. The third kappa shape index (κ3) is 4.63. The molecule has 1 fully saturated rings. The molecule has 1 aliphatic heterocycles. The summed E-state index contributed by atoms with van der Waals surface area (Å²) in [6.07, 6.45) is 4.24. The van der Waals surface area contributed by atoms with E-state index in [0.29, 0.717) is 23.7 Å². The van der Waals surface area contributed by atoms with Gasteiger partial charge >= 0.3 is 0 Å². The van der Waals surface area contributed by atoms with Crippen LogP contribution in [-0.2, 0) is 10.0 Å². The lowest BCUT2D eigenvalue weighted by molar-refractivity contribution is 0.204. The number of aryl methyl sites for hydroxylation is 2. The summed E-state index contributed by atoms with van der Waals surface area (Å²) in [6, 6.07) is 13.7. The first-order valence-corrected chi connectivity index (χ1v) is 10.9. The van der Waals surface area contributed by atoms with E-state index in [1.807, 2.05) is 32.0 Å². The van der Waals surface area contributed by atoms with Gasteiger partial charge in [0, 0.05) is 32.7 Å². The van der Waals surface area contributed by atoms with Crippen LogP contribution in [0.15, 0.2) is 53.4 Å². The molecule has 28 heavy (non-hydrogen) atoms. The Morgan fingerprint density at radius 3 is 2.18 bits per heavy atom. The molecule has 150 valence electrons. The molecule has 0 atom stereocenters. The average Bonchev–Trinajstić information content (AvgIpc) is 2.68.